The molecule has 1 aliphatic heterocycles. The molecule has 0 saturated carbocycles. The van der Waals surface area contributed by atoms with Crippen molar-refractivity contribution in [3.8, 4) is 0 Å². The fourth-order valence-electron chi connectivity index (χ4n) is 3.11. The zero-order valence-electron chi connectivity index (χ0n) is 13.8. The Kier molecular flexibility index (Phi) is 6.03. The molecule has 1 amide bonds. The summed E-state index contributed by atoms with van der Waals surface area (Å²) in [6.45, 7) is 8.37. The fraction of sp³-hybridized carbons (Fsp3) is 0.706. The van der Waals surface area contributed by atoms with Crippen LogP contribution in [0.15, 0.2) is 16.5 Å². The zero-order valence-corrected chi connectivity index (χ0v) is 13.8. The van der Waals surface area contributed by atoms with Crippen LogP contribution in [-0.4, -0.2) is 35.0 Å². The second-order valence-electron chi connectivity index (χ2n) is 6.41. The highest BCUT2D eigenvalue weighted by molar-refractivity contribution is 5.78. The van der Waals surface area contributed by atoms with E-state index in [2.05, 4.69) is 12.2 Å². The summed E-state index contributed by atoms with van der Waals surface area (Å²) in [5.74, 6) is 2.25. The lowest BCUT2D eigenvalue weighted by Gasteiger charge is -2.39. The maximum atomic E-state index is 12.1. The van der Waals surface area contributed by atoms with Gasteiger partial charge in [0.1, 0.15) is 18.1 Å². The third-order valence-corrected chi connectivity index (χ3v) is 4.48. The second kappa shape index (κ2) is 7.79. The first-order valence-electron chi connectivity index (χ1n) is 8.25. The van der Waals surface area contributed by atoms with E-state index in [-0.39, 0.29) is 18.4 Å². The van der Waals surface area contributed by atoms with Gasteiger partial charge in [-0.05, 0) is 24.5 Å². The average molecular weight is 308 g/mol. The molecule has 2 rings (SSSR count). The van der Waals surface area contributed by atoms with Crippen LogP contribution in [0.3, 0.4) is 0 Å². The van der Waals surface area contributed by atoms with E-state index in [1.807, 2.05) is 24.8 Å². The van der Waals surface area contributed by atoms with Gasteiger partial charge in [0, 0.05) is 25.0 Å². The Morgan fingerprint density at radius 1 is 1.45 bits per heavy atom. The van der Waals surface area contributed by atoms with Gasteiger partial charge < -0.3 is 19.7 Å². The van der Waals surface area contributed by atoms with E-state index in [4.69, 9.17) is 9.52 Å². The Hall–Kier alpha value is -1.33. The van der Waals surface area contributed by atoms with Crippen molar-refractivity contribution in [2.75, 3.05) is 13.1 Å². The van der Waals surface area contributed by atoms with Gasteiger partial charge in [-0.2, -0.15) is 0 Å². The molecule has 0 aliphatic carbocycles. The summed E-state index contributed by atoms with van der Waals surface area (Å²) >= 11 is 0. The molecule has 124 valence electrons. The van der Waals surface area contributed by atoms with Crippen LogP contribution in [-0.2, 0) is 17.9 Å². The zero-order chi connectivity index (χ0) is 16.1. The van der Waals surface area contributed by atoms with Crippen molar-refractivity contribution in [1.82, 2.24) is 10.2 Å². The molecule has 2 atom stereocenters. The van der Waals surface area contributed by atoms with Crippen LogP contribution in [0.4, 0.5) is 0 Å². The van der Waals surface area contributed by atoms with Crippen LogP contribution in [0.1, 0.15) is 45.1 Å². The Bertz CT molecular complexity index is 484. The molecule has 2 N–H and O–H groups in total. The van der Waals surface area contributed by atoms with Crippen molar-refractivity contribution in [2.24, 2.45) is 11.8 Å². The number of nitrogens with zero attached hydrogens (tertiary/aromatic N) is 1. The van der Waals surface area contributed by atoms with Gasteiger partial charge in [-0.25, -0.2) is 0 Å². The molecular weight excluding hydrogens is 280 g/mol. The number of furan rings is 1. The highest BCUT2D eigenvalue weighted by atomic mass is 16.4. The summed E-state index contributed by atoms with van der Waals surface area (Å²) in [5.41, 5.74) is 0. The summed E-state index contributed by atoms with van der Waals surface area (Å²) in [6.07, 6.45) is 2.03. The topological polar surface area (TPSA) is 65.7 Å². The normalized spacial score (nSPS) is 22.3. The van der Waals surface area contributed by atoms with Crippen LogP contribution in [0, 0.1) is 11.8 Å². The second-order valence-corrected chi connectivity index (χ2v) is 6.41. The van der Waals surface area contributed by atoms with Crippen LogP contribution in [0.5, 0.6) is 0 Å². The van der Waals surface area contributed by atoms with Gasteiger partial charge in [0.05, 0.1) is 6.54 Å². The van der Waals surface area contributed by atoms with E-state index >= 15 is 0 Å². The molecule has 22 heavy (non-hydrogen) atoms. The number of amides is 1. The van der Waals surface area contributed by atoms with Crippen LogP contribution in [0.25, 0.3) is 0 Å². The third-order valence-electron chi connectivity index (χ3n) is 4.48. The lowest BCUT2D eigenvalue weighted by Crippen LogP contribution is -2.51. The lowest BCUT2D eigenvalue weighted by molar-refractivity contribution is -0.136. The van der Waals surface area contributed by atoms with Crippen LogP contribution < -0.4 is 5.32 Å². The maximum absolute atomic E-state index is 12.1. The molecule has 1 saturated heterocycles. The molecule has 2 heterocycles. The van der Waals surface area contributed by atoms with E-state index < -0.39 is 0 Å². The van der Waals surface area contributed by atoms with Crippen molar-refractivity contribution in [1.29, 1.82) is 0 Å². The molecule has 1 aromatic heterocycles. The molecule has 0 radical (unpaired) electrons. The molecule has 1 aromatic rings. The molecule has 1 aliphatic rings. The summed E-state index contributed by atoms with van der Waals surface area (Å²) in [7, 11) is 0. The van der Waals surface area contributed by atoms with Crippen LogP contribution >= 0.6 is 0 Å². The molecule has 0 unspecified atom stereocenters. The number of hydrogen-bond acceptors (Lipinski definition) is 4. The molecule has 0 bridgehead atoms. The number of piperidine rings is 1. The van der Waals surface area contributed by atoms with E-state index in [1.54, 1.807) is 6.07 Å². The standard InChI is InChI=1S/C17H28N2O3/c1-4-13-10-19(17(21)12(2)3)8-7-16(13)18-9-14-5-6-15(11-20)22-14/h5-6,12-13,16,18,20H,4,7-11H2,1-3H3/t13-,16-/m0/s1. The lowest BCUT2D eigenvalue weighted by atomic mass is 9.89. The van der Waals surface area contributed by atoms with Gasteiger partial charge in [0.15, 0.2) is 0 Å². The minimum atomic E-state index is -0.0622. The van der Waals surface area contributed by atoms with Gasteiger partial charge >= 0.3 is 0 Å². The predicted molar refractivity (Wildman–Crippen MR) is 85.1 cm³/mol. The van der Waals surface area contributed by atoms with E-state index in [0.29, 0.717) is 24.3 Å². The van der Waals surface area contributed by atoms with Gasteiger partial charge in [-0.3, -0.25) is 4.79 Å². The molecular formula is C17H28N2O3. The summed E-state index contributed by atoms with van der Waals surface area (Å²) in [6, 6.07) is 4.11. The molecule has 5 nitrogen and oxygen atoms in total. The van der Waals surface area contributed by atoms with Crippen molar-refractivity contribution in [2.45, 2.75) is 52.8 Å². The van der Waals surface area contributed by atoms with Crippen molar-refractivity contribution in [3.05, 3.63) is 23.7 Å². The third kappa shape index (κ3) is 4.11. The largest absolute Gasteiger partial charge is 0.462 e. The van der Waals surface area contributed by atoms with Gasteiger partial charge in [0.25, 0.3) is 0 Å². The smallest absolute Gasteiger partial charge is 0.225 e. The molecule has 0 aromatic carbocycles. The van der Waals surface area contributed by atoms with Crippen molar-refractivity contribution < 1.29 is 14.3 Å². The number of aliphatic hydroxyl groups is 1. The minimum Gasteiger partial charge on any atom is -0.462 e. The minimum absolute atomic E-state index is 0.0622. The first kappa shape index (κ1) is 17.0. The number of likely N-dealkylation sites (tertiary alicyclic amines) is 1. The number of rotatable bonds is 6. The fourth-order valence-corrected chi connectivity index (χ4v) is 3.11. The van der Waals surface area contributed by atoms with Gasteiger partial charge in [-0.15, -0.1) is 0 Å². The van der Waals surface area contributed by atoms with E-state index in [0.717, 1.165) is 31.7 Å². The van der Waals surface area contributed by atoms with Crippen molar-refractivity contribution in [3.63, 3.8) is 0 Å². The SMILES string of the molecule is CC[C@H]1CN(C(=O)C(C)C)CC[C@@H]1NCc1ccc(CO)o1. The Labute approximate surface area is 132 Å². The number of carbonyl (C=O) groups is 1. The highest BCUT2D eigenvalue weighted by Crippen LogP contribution is 2.22. The Balaban J connectivity index is 1.88. The Morgan fingerprint density at radius 2 is 2.18 bits per heavy atom. The summed E-state index contributed by atoms with van der Waals surface area (Å²) in [5, 5.41) is 12.6. The predicted octanol–water partition coefficient (Wildman–Crippen LogP) is 2.14. The maximum Gasteiger partial charge on any atom is 0.225 e. The van der Waals surface area contributed by atoms with Gasteiger partial charge in [0.2, 0.25) is 5.91 Å². The number of nitrogens with one attached hydrogen (secondary N) is 1. The van der Waals surface area contributed by atoms with E-state index in [9.17, 15) is 4.79 Å². The van der Waals surface area contributed by atoms with E-state index in [1.165, 1.54) is 0 Å². The summed E-state index contributed by atoms with van der Waals surface area (Å²) < 4.78 is 5.51. The van der Waals surface area contributed by atoms with Crippen LogP contribution in [0.2, 0.25) is 0 Å². The molecule has 1 fully saturated rings. The van der Waals surface area contributed by atoms with Crippen molar-refractivity contribution >= 4 is 5.91 Å². The molecule has 5 heteroatoms. The summed E-state index contributed by atoms with van der Waals surface area (Å²) in [4.78, 5) is 14.2. The number of aliphatic hydroxyl groups excluding tert-OH is 1. The number of hydrogen-bond donors (Lipinski definition) is 2. The average Bonchev–Trinajstić information content (AvgIpc) is 3.00. The Morgan fingerprint density at radius 3 is 2.77 bits per heavy atom. The first-order valence-corrected chi connectivity index (χ1v) is 8.25. The molecule has 0 spiro atoms. The highest BCUT2D eigenvalue weighted by Gasteiger charge is 2.30. The van der Waals surface area contributed by atoms with Gasteiger partial charge in [-0.1, -0.05) is 27.2 Å². The quantitative estimate of drug-likeness (QED) is 0.845. The monoisotopic (exact) mass is 308 g/mol. The first-order chi connectivity index (χ1) is 10.5. The number of carbonyl (C=O) groups excluding carboxylic acids is 1.